The Morgan fingerprint density at radius 2 is 1.95 bits per heavy atom. The number of halogens is 3. The maximum absolute atomic E-state index is 12.9. The van der Waals surface area contributed by atoms with Crippen molar-refractivity contribution in [3.8, 4) is 0 Å². The zero-order valence-electron chi connectivity index (χ0n) is 10.9. The number of anilines is 1. The van der Waals surface area contributed by atoms with E-state index in [9.17, 15) is 18.0 Å². The first-order valence-electron chi connectivity index (χ1n) is 6.14. The van der Waals surface area contributed by atoms with Crippen molar-refractivity contribution in [2.75, 3.05) is 18.4 Å². The molecule has 0 saturated carbocycles. The second-order valence-electron chi connectivity index (χ2n) is 4.01. The van der Waals surface area contributed by atoms with Crippen LogP contribution < -0.4 is 10.6 Å². The lowest BCUT2D eigenvalue weighted by Gasteiger charge is -2.17. The maximum Gasteiger partial charge on any atom is 0.418 e. The highest BCUT2D eigenvalue weighted by Crippen LogP contribution is 2.36. The van der Waals surface area contributed by atoms with E-state index in [0.29, 0.717) is 13.1 Å². The smallest absolute Gasteiger partial charge is 0.384 e. The van der Waals surface area contributed by atoms with Gasteiger partial charge in [0.1, 0.15) is 0 Å². The van der Waals surface area contributed by atoms with Crippen LogP contribution in [-0.2, 0) is 6.18 Å². The van der Waals surface area contributed by atoms with Gasteiger partial charge in [0, 0.05) is 13.1 Å². The van der Waals surface area contributed by atoms with Crippen molar-refractivity contribution in [1.82, 2.24) is 5.32 Å². The quantitative estimate of drug-likeness (QED) is 0.865. The Hall–Kier alpha value is -1.72. The Bertz CT molecular complexity index is 444. The van der Waals surface area contributed by atoms with E-state index in [2.05, 4.69) is 10.6 Å². The second kappa shape index (κ2) is 6.45. The van der Waals surface area contributed by atoms with Gasteiger partial charge in [-0.2, -0.15) is 13.2 Å². The minimum atomic E-state index is -4.49. The number of carbonyl (C=O) groups excluding carboxylic acids is 1. The fourth-order valence-corrected chi connectivity index (χ4v) is 1.68. The maximum atomic E-state index is 12.9. The van der Waals surface area contributed by atoms with Crippen molar-refractivity contribution in [2.24, 2.45) is 0 Å². The van der Waals surface area contributed by atoms with Crippen LogP contribution in [-0.4, -0.2) is 19.0 Å². The number of para-hydroxylation sites is 1. The fraction of sp³-hybridized carbons (Fsp3) is 0.462. The van der Waals surface area contributed by atoms with Gasteiger partial charge in [0.25, 0.3) is 5.91 Å². The lowest BCUT2D eigenvalue weighted by Crippen LogP contribution is -2.26. The molecule has 0 saturated heterocycles. The first-order chi connectivity index (χ1) is 8.91. The third-order valence-electron chi connectivity index (χ3n) is 2.50. The molecule has 0 fully saturated rings. The summed E-state index contributed by atoms with van der Waals surface area (Å²) in [5.41, 5.74) is -0.963. The van der Waals surface area contributed by atoms with Crippen LogP contribution in [0.2, 0.25) is 0 Å². The average molecular weight is 274 g/mol. The van der Waals surface area contributed by atoms with Crippen molar-refractivity contribution in [3.63, 3.8) is 0 Å². The number of carbonyl (C=O) groups is 1. The summed E-state index contributed by atoms with van der Waals surface area (Å²) in [7, 11) is 0. The summed E-state index contributed by atoms with van der Waals surface area (Å²) in [4.78, 5) is 11.9. The van der Waals surface area contributed by atoms with Crippen molar-refractivity contribution in [1.29, 1.82) is 0 Å². The molecule has 6 heteroatoms. The van der Waals surface area contributed by atoms with Gasteiger partial charge in [-0.3, -0.25) is 4.79 Å². The Morgan fingerprint density at radius 3 is 2.47 bits per heavy atom. The Labute approximate surface area is 110 Å². The monoisotopic (exact) mass is 274 g/mol. The third kappa shape index (κ3) is 3.87. The molecule has 1 rings (SSSR count). The molecule has 0 aliphatic carbocycles. The molecular formula is C13H17F3N2O. The van der Waals surface area contributed by atoms with Crippen LogP contribution in [0.4, 0.5) is 18.9 Å². The van der Waals surface area contributed by atoms with Gasteiger partial charge >= 0.3 is 6.18 Å². The number of alkyl halides is 3. The van der Waals surface area contributed by atoms with Crippen LogP contribution in [0.3, 0.4) is 0 Å². The van der Waals surface area contributed by atoms with Crippen LogP contribution in [0.15, 0.2) is 18.2 Å². The Morgan fingerprint density at radius 1 is 1.26 bits per heavy atom. The molecule has 0 heterocycles. The molecule has 0 aliphatic heterocycles. The highest BCUT2D eigenvalue weighted by Gasteiger charge is 2.35. The standard InChI is InChI=1S/C13H17F3N2O/c1-3-8-18-12(19)9-6-5-7-10(13(14,15)16)11(9)17-4-2/h5-7,17H,3-4,8H2,1-2H3,(H,18,19). The number of rotatable bonds is 5. The average Bonchev–Trinajstić information content (AvgIpc) is 2.35. The highest BCUT2D eigenvalue weighted by atomic mass is 19.4. The predicted molar refractivity (Wildman–Crippen MR) is 68.2 cm³/mol. The second-order valence-corrected chi connectivity index (χ2v) is 4.01. The van der Waals surface area contributed by atoms with E-state index in [1.165, 1.54) is 12.1 Å². The molecule has 0 bridgehead atoms. The van der Waals surface area contributed by atoms with Gasteiger partial charge in [0.2, 0.25) is 0 Å². The van der Waals surface area contributed by atoms with Crippen molar-refractivity contribution in [2.45, 2.75) is 26.4 Å². The van der Waals surface area contributed by atoms with E-state index in [0.717, 1.165) is 12.5 Å². The molecule has 0 atom stereocenters. The van der Waals surface area contributed by atoms with Crippen LogP contribution in [0.1, 0.15) is 36.2 Å². The molecule has 0 radical (unpaired) electrons. The van der Waals surface area contributed by atoms with Gasteiger partial charge in [-0.15, -0.1) is 0 Å². The SMILES string of the molecule is CCCNC(=O)c1cccc(C(F)(F)F)c1NCC. The van der Waals surface area contributed by atoms with E-state index < -0.39 is 17.6 Å². The summed E-state index contributed by atoms with van der Waals surface area (Å²) >= 11 is 0. The molecule has 0 unspecified atom stereocenters. The summed E-state index contributed by atoms with van der Waals surface area (Å²) in [6, 6.07) is 3.59. The molecule has 106 valence electrons. The lowest BCUT2D eigenvalue weighted by molar-refractivity contribution is -0.137. The van der Waals surface area contributed by atoms with Crippen molar-refractivity contribution in [3.05, 3.63) is 29.3 Å². The van der Waals surface area contributed by atoms with Crippen molar-refractivity contribution < 1.29 is 18.0 Å². The summed E-state index contributed by atoms with van der Waals surface area (Å²) in [6.07, 6.45) is -3.76. The van der Waals surface area contributed by atoms with E-state index in [-0.39, 0.29) is 11.3 Å². The summed E-state index contributed by atoms with van der Waals surface area (Å²) in [6.45, 7) is 4.29. The minimum absolute atomic E-state index is 0.0186. The number of hydrogen-bond donors (Lipinski definition) is 2. The number of nitrogens with one attached hydrogen (secondary N) is 2. The molecule has 3 nitrogen and oxygen atoms in total. The van der Waals surface area contributed by atoms with Crippen LogP contribution in [0.5, 0.6) is 0 Å². The van der Waals surface area contributed by atoms with E-state index in [1.54, 1.807) is 6.92 Å². The zero-order chi connectivity index (χ0) is 14.5. The molecule has 1 aromatic carbocycles. The summed E-state index contributed by atoms with van der Waals surface area (Å²) < 4.78 is 38.7. The number of benzene rings is 1. The van der Waals surface area contributed by atoms with Crippen LogP contribution in [0, 0.1) is 0 Å². The van der Waals surface area contributed by atoms with Gasteiger partial charge in [-0.05, 0) is 25.5 Å². The predicted octanol–water partition coefficient (Wildman–Crippen LogP) is 3.28. The van der Waals surface area contributed by atoms with Crippen LogP contribution >= 0.6 is 0 Å². The fourth-order valence-electron chi connectivity index (χ4n) is 1.68. The third-order valence-corrected chi connectivity index (χ3v) is 2.50. The topological polar surface area (TPSA) is 41.1 Å². The first-order valence-corrected chi connectivity index (χ1v) is 6.14. The number of amides is 1. The van der Waals surface area contributed by atoms with Gasteiger partial charge in [0.15, 0.2) is 0 Å². The number of hydrogen-bond acceptors (Lipinski definition) is 2. The molecule has 0 spiro atoms. The zero-order valence-corrected chi connectivity index (χ0v) is 10.9. The molecule has 1 amide bonds. The molecule has 19 heavy (non-hydrogen) atoms. The molecular weight excluding hydrogens is 257 g/mol. The molecule has 1 aromatic rings. The van der Waals surface area contributed by atoms with Gasteiger partial charge < -0.3 is 10.6 Å². The lowest BCUT2D eigenvalue weighted by atomic mass is 10.1. The van der Waals surface area contributed by atoms with Gasteiger partial charge in [0.05, 0.1) is 16.8 Å². The molecule has 0 aromatic heterocycles. The van der Waals surface area contributed by atoms with E-state index in [4.69, 9.17) is 0 Å². The largest absolute Gasteiger partial charge is 0.418 e. The van der Waals surface area contributed by atoms with Crippen LogP contribution in [0.25, 0.3) is 0 Å². The molecule has 2 N–H and O–H groups in total. The Balaban J connectivity index is 3.20. The van der Waals surface area contributed by atoms with E-state index >= 15 is 0 Å². The molecule has 0 aliphatic rings. The van der Waals surface area contributed by atoms with Gasteiger partial charge in [-0.1, -0.05) is 13.0 Å². The summed E-state index contributed by atoms with van der Waals surface area (Å²) in [5.74, 6) is -0.496. The minimum Gasteiger partial charge on any atom is -0.384 e. The van der Waals surface area contributed by atoms with E-state index in [1.807, 2.05) is 6.92 Å². The van der Waals surface area contributed by atoms with Crippen molar-refractivity contribution >= 4 is 11.6 Å². The summed E-state index contributed by atoms with van der Waals surface area (Å²) in [5, 5.41) is 5.21. The van der Waals surface area contributed by atoms with Gasteiger partial charge in [-0.25, -0.2) is 0 Å². The normalized spacial score (nSPS) is 11.2. The highest BCUT2D eigenvalue weighted by molar-refractivity contribution is 6.00. The first kappa shape index (κ1) is 15.3. The Kier molecular flexibility index (Phi) is 5.20.